The largest absolute Gasteiger partial charge is 0.507 e. The highest BCUT2D eigenvalue weighted by atomic mass is 32.1. The smallest absolute Gasteiger partial charge is 0.345 e. The van der Waals surface area contributed by atoms with Crippen LogP contribution in [0.2, 0.25) is 0 Å². The van der Waals surface area contributed by atoms with Crippen LogP contribution in [0, 0.1) is 10.1 Å². The fourth-order valence-electron chi connectivity index (χ4n) is 3.65. The molecule has 2 aromatic carbocycles. The number of phenolic OH excluding ortho intramolecular Hbond substituents is 1. The molecule has 0 saturated heterocycles. The Kier molecular flexibility index (Phi) is 5.81. The van der Waals surface area contributed by atoms with Gasteiger partial charge in [-0.05, 0) is 41.7 Å². The van der Waals surface area contributed by atoms with Crippen LogP contribution >= 0.6 is 11.3 Å². The fraction of sp³-hybridized carbons (Fsp3) is 0.0909. The SMILES string of the molecule is COc1ccc2c(c1)C(=O)C(=O)N2Cc1cn(-c2ccc(C(=O)Nc3ncc([N+](=O)[O-])s3)c(O)c2)nn1. The van der Waals surface area contributed by atoms with Crippen molar-refractivity contribution in [1.82, 2.24) is 20.0 Å². The zero-order valence-corrected chi connectivity index (χ0v) is 19.6. The van der Waals surface area contributed by atoms with Crippen LogP contribution in [-0.2, 0) is 11.3 Å². The molecule has 1 aliphatic heterocycles. The minimum absolute atomic E-state index is 0.0102. The third kappa shape index (κ3) is 4.34. The third-order valence-corrected chi connectivity index (χ3v) is 6.29. The molecule has 0 saturated carbocycles. The number of methoxy groups -OCH3 is 1. The predicted molar refractivity (Wildman–Crippen MR) is 128 cm³/mol. The van der Waals surface area contributed by atoms with E-state index in [0.29, 0.717) is 34.2 Å². The van der Waals surface area contributed by atoms with Gasteiger partial charge in [0.25, 0.3) is 17.6 Å². The van der Waals surface area contributed by atoms with Crippen LogP contribution in [0.1, 0.15) is 26.4 Å². The molecule has 0 spiro atoms. The van der Waals surface area contributed by atoms with Crippen molar-refractivity contribution in [2.24, 2.45) is 0 Å². The number of anilines is 2. The van der Waals surface area contributed by atoms with Gasteiger partial charge < -0.3 is 9.84 Å². The van der Waals surface area contributed by atoms with Crippen molar-refractivity contribution in [3.63, 3.8) is 0 Å². The van der Waals surface area contributed by atoms with Crippen molar-refractivity contribution < 1.29 is 29.2 Å². The number of aromatic hydroxyl groups is 1. The Hall–Kier alpha value is -5.18. The highest BCUT2D eigenvalue weighted by Gasteiger charge is 2.36. The molecule has 2 amide bonds. The van der Waals surface area contributed by atoms with E-state index in [1.165, 1.54) is 47.2 Å². The van der Waals surface area contributed by atoms with E-state index in [-0.39, 0.29) is 33.6 Å². The van der Waals surface area contributed by atoms with Gasteiger partial charge in [-0.2, -0.15) is 0 Å². The van der Waals surface area contributed by atoms with E-state index in [2.05, 4.69) is 20.6 Å². The lowest BCUT2D eigenvalue weighted by Gasteiger charge is -2.14. The molecule has 0 fully saturated rings. The maximum Gasteiger partial charge on any atom is 0.345 e. The van der Waals surface area contributed by atoms with Gasteiger partial charge in [0.05, 0.1) is 47.3 Å². The van der Waals surface area contributed by atoms with E-state index in [1.54, 1.807) is 12.1 Å². The topological polar surface area (TPSA) is 183 Å². The second kappa shape index (κ2) is 9.12. The molecule has 2 N–H and O–H groups in total. The van der Waals surface area contributed by atoms with Crippen LogP contribution in [0.25, 0.3) is 5.69 Å². The van der Waals surface area contributed by atoms with Crippen LogP contribution in [0.5, 0.6) is 11.5 Å². The Morgan fingerprint density at radius 3 is 2.76 bits per heavy atom. The number of amides is 2. The maximum absolute atomic E-state index is 12.5. The minimum Gasteiger partial charge on any atom is -0.507 e. The zero-order chi connectivity index (χ0) is 26.3. The number of carbonyl (C=O) groups is 3. The van der Waals surface area contributed by atoms with Crippen LogP contribution in [0.4, 0.5) is 15.8 Å². The number of rotatable bonds is 7. The quantitative estimate of drug-likeness (QED) is 0.208. The number of nitro groups is 1. The second-order valence-corrected chi connectivity index (χ2v) is 8.68. The average Bonchev–Trinajstić information content (AvgIpc) is 3.60. The van der Waals surface area contributed by atoms with E-state index < -0.39 is 22.5 Å². The predicted octanol–water partition coefficient (Wildman–Crippen LogP) is 2.33. The molecule has 0 aliphatic carbocycles. The van der Waals surface area contributed by atoms with Gasteiger partial charge >= 0.3 is 5.00 Å². The molecule has 186 valence electrons. The first-order valence-corrected chi connectivity index (χ1v) is 11.3. The Labute approximate surface area is 210 Å². The number of ether oxygens (including phenoxy) is 1. The van der Waals surface area contributed by atoms with E-state index in [4.69, 9.17) is 4.74 Å². The minimum atomic E-state index is -0.708. The molecular weight excluding hydrogens is 506 g/mol. The highest BCUT2D eigenvalue weighted by molar-refractivity contribution is 7.18. The van der Waals surface area contributed by atoms with Crippen LogP contribution in [-0.4, -0.2) is 54.7 Å². The lowest BCUT2D eigenvalue weighted by atomic mass is 10.1. The molecule has 0 unspecified atom stereocenters. The lowest BCUT2D eigenvalue weighted by molar-refractivity contribution is -0.380. The molecule has 0 bridgehead atoms. The van der Waals surface area contributed by atoms with E-state index in [1.807, 2.05) is 0 Å². The number of phenols is 1. The molecule has 37 heavy (non-hydrogen) atoms. The van der Waals surface area contributed by atoms with Crippen molar-refractivity contribution in [3.05, 3.63) is 75.7 Å². The summed E-state index contributed by atoms with van der Waals surface area (Å²) in [6.07, 6.45) is 2.54. The van der Waals surface area contributed by atoms with Crippen LogP contribution in [0.15, 0.2) is 48.8 Å². The molecule has 0 radical (unpaired) electrons. The number of fused-ring (bicyclic) bond motifs is 1. The van der Waals surface area contributed by atoms with E-state index in [0.717, 1.165) is 6.20 Å². The van der Waals surface area contributed by atoms with Crippen molar-refractivity contribution >= 4 is 44.8 Å². The number of carbonyl (C=O) groups excluding carboxylic acids is 3. The summed E-state index contributed by atoms with van der Waals surface area (Å²) in [5.41, 5.74) is 1.32. The summed E-state index contributed by atoms with van der Waals surface area (Å²) in [5, 5.41) is 31.4. The number of Topliss-reactive ketones (excluding diaryl/α,β-unsaturated/α-hetero) is 1. The fourth-order valence-corrected chi connectivity index (χ4v) is 4.28. The molecule has 0 atom stereocenters. The summed E-state index contributed by atoms with van der Waals surface area (Å²) in [5.74, 6) is -1.97. The number of thiazole rings is 1. The van der Waals surface area contributed by atoms with Gasteiger partial charge in [0.1, 0.15) is 23.4 Å². The van der Waals surface area contributed by atoms with Gasteiger partial charge in [-0.1, -0.05) is 5.21 Å². The van der Waals surface area contributed by atoms with Crippen LogP contribution in [0.3, 0.4) is 0 Å². The molecule has 15 heteroatoms. The standard InChI is InChI=1S/C22H15N7O7S/c1-36-13-3-5-16-15(7-13)19(31)21(33)27(16)9-11-10-28(26-25-11)12-2-4-14(17(30)6-12)20(32)24-22-23-8-18(37-22)29(34)35/h2-8,10,30H,9H2,1H3,(H,23,24,32). The van der Waals surface area contributed by atoms with Gasteiger partial charge in [0.15, 0.2) is 5.13 Å². The van der Waals surface area contributed by atoms with Gasteiger partial charge in [-0.3, -0.25) is 34.7 Å². The molecular formula is C22H15N7O7S. The number of nitrogens with zero attached hydrogens (tertiary/aromatic N) is 6. The summed E-state index contributed by atoms with van der Waals surface area (Å²) in [4.78, 5) is 52.6. The Bertz CT molecular complexity index is 1600. The van der Waals surface area contributed by atoms with E-state index in [9.17, 15) is 29.6 Å². The number of aromatic nitrogens is 4. The summed E-state index contributed by atoms with van der Waals surface area (Å²) in [6.45, 7) is -0.0175. The Balaban J connectivity index is 1.32. The van der Waals surface area contributed by atoms with Gasteiger partial charge in [0, 0.05) is 6.07 Å². The first-order chi connectivity index (χ1) is 17.7. The van der Waals surface area contributed by atoms with Gasteiger partial charge in [0.2, 0.25) is 0 Å². The molecule has 2 aromatic heterocycles. The summed E-state index contributed by atoms with van der Waals surface area (Å²) in [7, 11) is 1.46. The lowest BCUT2D eigenvalue weighted by Crippen LogP contribution is -2.29. The van der Waals surface area contributed by atoms with Crippen molar-refractivity contribution in [2.45, 2.75) is 6.54 Å². The molecule has 14 nitrogen and oxygen atoms in total. The monoisotopic (exact) mass is 521 g/mol. The molecule has 5 rings (SSSR count). The van der Waals surface area contributed by atoms with Crippen LogP contribution < -0.4 is 15.0 Å². The number of ketones is 1. The Morgan fingerprint density at radius 2 is 2.05 bits per heavy atom. The average molecular weight is 521 g/mol. The maximum atomic E-state index is 12.5. The number of nitrogens with one attached hydrogen (secondary N) is 1. The zero-order valence-electron chi connectivity index (χ0n) is 18.8. The first kappa shape index (κ1) is 23.6. The normalized spacial score (nSPS) is 12.5. The summed E-state index contributed by atoms with van der Waals surface area (Å²) in [6, 6.07) is 8.89. The molecule has 1 aliphatic rings. The van der Waals surface area contributed by atoms with E-state index >= 15 is 0 Å². The van der Waals surface area contributed by atoms with Gasteiger partial charge in [-0.25, -0.2) is 9.67 Å². The van der Waals surface area contributed by atoms with Crippen molar-refractivity contribution in [1.29, 1.82) is 0 Å². The Morgan fingerprint density at radius 1 is 1.24 bits per heavy atom. The summed E-state index contributed by atoms with van der Waals surface area (Å²) < 4.78 is 6.45. The molecule has 4 aromatic rings. The number of hydrogen-bond donors (Lipinski definition) is 2. The second-order valence-electron chi connectivity index (χ2n) is 7.67. The molecule has 3 heterocycles. The highest BCUT2D eigenvalue weighted by Crippen LogP contribution is 2.33. The van der Waals surface area contributed by atoms with Crippen molar-refractivity contribution in [2.75, 3.05) is 17.3 Å². The third-order valence-electron chi connectivity index (χ3n) is 5.42. The summed E-state index contributed by atoms with van der Waals surface area (Å²) >= 11 is 0.682. The first-order valence-electron chi connectivity index (χ1n) is 10.5. The number of benzene rings is 2. The number of hydrogen-bond acceptors (Lipinski definition) is 11. The van der Waals surface area contributed by atoms with Gasteiger partial charge in [-0.15, -0.1) is 5.10 Å². The van der Waals surface area contributed by atoms with Crippen molar-refractivity contribution in [3.8, 4) is 17.2 Å².